The van der Waals surface area contributed by atoms with Crippen LogP contribution in [0, 0.1) is 0 Å². The van der Waals surface area contributed by atoms with Gasteiger partial charge >= 0.3 is 0 Å². The van der Waals surface area contributed by atoms with Crippen LogP contribution in [0.4, 0.5) is 0 Å². The molecule has 0 radical (unpaired) electrons. The van der Waals surface area contributed by atoms with Crippen molar-refractivity contribution in [1.82, 2.24) is 0 Å². The number of aldehydes is 1. The average Bonchev–Trinajstić information content (AvgIpc) is 2.34. The second-order valence-corrected chi connectivity index (χ2v) is 4.29. The smallest absolute Gasteiger partial charge is 0.150 e. The number of benzene rings is 1. The third kappa shape index (κ3) is 4.85. The first-order chi connectivity index (χ1) is 8.17. The fourth-order valence-corrected chi connectivity index (χ4v) is 1.71. The van der Waals surface area contributed by atoms with Crippen molar-refractivity contribution in [3.63, 3.8) is 0 Å². The summed E-state index contributed by atoms with van der Waals surface area (Å²) in [4.78, 5) is 10.5. The minimum absolute atomic E-state index is 0.152. The van der Waals surface area contributed by atoms with E-state index in [-0.39, 0.29) is 13.2 Å². The molecule has 94 valence electrons. The van der Waals surface area contributed by atoms with Crippen molar-refractivity contribution >= 4 is 22.2 Å². The molecule has 1 aromatic rings. The number of ether oxygens (including phenoxy) is 2. The molecular formula is C12H15BrO4. The minimum Gasteiger partial charge on any atom is -0.490 e. The van der Waals surface area contributed by atoms with E-state index >= 15 is 0 Å². The molecule has 0 aliphatic carbocycles. The zero-order valence-electron chi connectivity index (χ0n) is 9.56. The van der Waals surface area contributed by atoms with Gasteiger partial charge in [0, 0.05) is 12.2 Å². The van der Waals surface area contributed by atoms with Gasteiger partial charge in [0.05, 0.1) is 11.1 Å². The molecule has 0 aliphatic rings. The van der Waals surface area contributed by atoms with E-state index in [9.17, 15) is 9.90 Å². The van der Waals surface area contributed by atoms with E-state index in [1.165, 1.54) is 0 Å². The largest absolute Gasteiger partial charge is 0.490 e. The quantitative estimate of drug-likeness (QED) is 0.783. The molecule has 5 heteroatoms. The summed E-state index contributed by atoms with van der Waals surface area (Å²) in [5.41, 5.74) is 0.569. The lowest BCUT2D eigenvalue weighted by atomic mass is 10.2. The maximum atomic E-state index is 10.5. The van der Waals surface area contributed by atoms with Gasteiger partial charge in [0.2, 0.25) is 0 Å². The van der Waals surface area contributed by atoms with E-state index in [0.29, 0.717) is 22.4 Å². The predicted molar refractivity (Wildman–Crippen MR) is 67.5 cm³/mol. The number of hydrogen-bond acceptors (Lipinski definition) is 4. The van der Waals surface area contributed by atoms with E-state index in [2.05, 4.69) is 15.9 Å². The van der Waals surface area contributed by atoms with Gasteiger partial charge in [0.1, 0.15) is 24.7 Å². The highest BCUT2D eigenvalue weighted by Gasteiger charge is 2.07. The van der Waals surface area contributed by atoms with Crippen LogP contribution < -0.4 is 4.74 Å². The van der Waals surface area contributed by atoms with Crippen LogP contribution in [0.3, 0.4) is 0 Å². The van der Waals surface area contributed by atoms with Gasteiger partial charge in [0.15, 0.2) is 0 Å². The second kappa shape index (κ2) is 7.42. The molecule has 0 heterocycles. The third-order valence-electron chi connectivity index (χ3n) is 2.04. The van der Waals surface area contributed by atoms with Gasteiger partial charge in [-0.2, -0.15) is 0 Å². The van der Waals surface area contributed by atoms with Crippen molar-refractivity contribution in [2.24, 2.45) is 0 Å². The van der Waals surface area contributed by atoms with Crippen LogP contribution in [0.2, 0.25) is 0 Å². The Bertz CT molecular complexity index is 368. The van der Waals surface area contributed by atoms with Crippen molar-refractivity contribution < 1.29 is 19.4 Å². The lowest BCUT2D eigenvalue weighted by Gasteiger charge is -2.13. The second-order valence-electron chi connectivity index (χ2n) is 3.43. The Labute approximate surface area is 109 Å². The van der Waals surface area contributed by atoms with Gasteiger partial charge in [-0.1, -0.05) is 0 Å². The van der Waals surface area contributed by atoms with E-state index in [0.717, 1.165) is 6.29 Å². The summed E-state index contributed by atoms with van der Waals surface area (Å²) >= 11 is 3.29. The summed E-state index contributed by atoms with van der Waals surface area (Å²) in [5.74, 6) is 0.589. The number of aliphatic hydroxyl groups is 1. The zero-order valence-corrected chi connectivity index (χ0v) is 11.1. The first-order valence-electron chi connectivity index (χ1n) is 5.30. The molecule has 0 aliphatic heterocycles. The molecule has 1 aromatic carbocycles. The number of carbonyl (C=O) groups is 1. The maximum Gasteiger partial charge on any atom is 0.150 e. The molecule has 0 bridgehead atoms. The number of rotatable bonds is 7. The van der Waals surface area contributed by atoms with Crippen LogP contribution in [0.25, 0.3) is 0 Å². The molecule has 0 fully saturated rings. The molecule has 1 rings (SSSR count). The van der Waals surface area contributed by atoms with Crippen molar-refractivity contribution in [1.29, 1.82) is 0 Å². The van der Waals surface area contributed by atoms with Crippen LogP contribution in [0.5, 0.6) is 5.75 Å². The number of halogens is 1. The number of aliphatic hydroxyl groups excluding tert-OH is 1. The molecule has 0 saturated carbocycles. The van der Waals surface area contributed by atoms with Gasteiger partial charge in [-0.15, -0.1) is 0 Å². The van der Waals surface area contributed by atoms with E-state index in [1.54, 1.807) is 18.2 Å². The normalized spacial score (nSPS) is 12.2. The molecule has 0 saturated heterocycles. The van der Waals surface area contributed by atoms with Crippen molar-refractivity contribution in [2.75, 3.05) is 19.8 Å². The molecule has 0 amide bonds. The highest BCUT2D eigenvalue weighted by Crippen LogP contribution is 2.25. The summed E-state index contributed by atoms with van der Waals surface area (Å²) in [6, 6.07) is 5.00. The highest BCUT2D eigenvalue weighted by molar-refractivity contribution is 9.10. The fourth-order valence-electron chi connectivity index (χ4n) is 1.20. The van der Waals surface area contributed by atoms with Crippen molar-refractivity contribution in [3.8, 4) is 5.75 Å². The van der Waals surface area contributed by atoms with E-state index < -0.39 is 6.10 Å². The SMILES string of the molecule is CCOCC(O)COc1ccc(C=O)cc1Br. The molecule has 1 N–H and O–H groups in total. The number of hydrogen-bond donors (Lipinski definition) is 1. The standard InChI is InChI=1S/C12H15BrO4/c1-2-16-7-10(15)8-17-12-4-3-9(6-14)5-11(12)13/h3-6,10,15H,2,7-8H2,1H3. The van der Waals surface area contributed by atoms with Gasteiger partial charge in [0.25, 0.3) is 0 Å². The van der Waals surface area contributed by atoms with Crippen LogP contribution >= 0.6 is 15.9 Å². The molecule has 1 atom stereocenters. The monoisotopic (exact) mass is 302 g/mol. The molecular weight excluding hydrogens is 288 g/mol. The predicted octanol–water partition coefficient (Wildman–Crippen LogP) is 2.04. The molecule has 4 nitrogen and oxygen atoms in total. The average molecular weight is 303 g/mol. The first-order valence-corrected chi connectivity index (χ1v) is 6.10. The maximum absolute atomic E-state index is 10.5. The Morgan fingerprint density at radius 3 is 2.82 bits per heavy atom. The summed E-state index contributed by atoms with van der Waals surface area (Å²) in [6.07, 6.45) is 0.103. The van der Waals surface area contributed by atoms with Crippen molar-refractivity contribution in [2.45, 2.75) is 13.0 Å². The Kier molecular flexibility index (Phi) is 6.18. The Morgan fingerprint density at radius 1 is 1.47 bits per heavy atom. The van der Waals surface area contributed by atoms with Gasteiger partial charge in [-0.25, -0.2) is 0 Å². The molecule has 1 unspecified atom stereocenters. The molecule has 0 spiro atoms. The van der Waals surface area contributed by atoms with Crippen LogP contribution in [0.1, 0.15) is 17.3 Å². The summed E-state index contributed by atoms with van der Waals surface area (Å²) < 4.78 is 11.2. The number of carbonyl (C=O) groups excluding carboxylic acids is 1. The summed E-state index contributed by atoms with van der Waals surface area (Å²) in [6.45, 7) is 2.83. The van der Waals surface area contributed by atoms with Crippen LogP contribution in [-0.2, 0) is 4.74 Å². The van der Waals surface area contributed by atoms with Crippen molar-refractivity contribution in [3.05, 3.63) is 28.2 Å². The van der Waals surface area contributed by atoms with Crippen LogP contribution in [0.15, 0.2) is 22.7 Å². The van der Waals surface area contributed by atoms with Crippen LogP contribution in [-0.4, -0.2) is 37.3 Å². The van der Waals surface area contributed by atoms with Gasteiger partial charge in [-0.3, -0.25) is 4.79 Å². The topological polar surface area (TPSA) is 55.8 Å². The summed E-state index contributed by atoms with van der Waals surface area (Å²) in [5, 5.41) is 9.51. The molecule has 0 aromatic heterocycles. The Morgan fingerprint density at radius 2 is 2.24 bits per heavy atom. The third-order valence-corrected chi connectivity index (χ3v) is 2.66. The first kappa shape index (κ1) is 14.2. The van der Waals surface area contributed by atoms with E-state index in [4.69, 9.17) is 9.47 Å². The highest BCUT2D eigenvalue weighted by atomic mass is 79.9. The Balaban J connectivity index is 2.48. The van der Waals surface area contributed by atoms with Gasteiger partial charge in [-0.05, 0) is 41.1 Å². The Hall–Kier alpha value is -0.910. The van der Waals surface area contributed by atoms with E-state index in [1.807, 2.05) is 6.92 Å². The summed E-state index contributed by atoms with van der Waals surface area (Å²) in [7, 11) is 0. The fraction of sp³-hybridized carbons (Fsp3) is 0.417. The lowest BCUT2D eigenvalue weighted by Crippen LogP contribution is -2.23. The minimum atomic E-state index is -0.660. The lowest BCUT2D eigenvalue weighted by molar-refractivity contribution is 0.0163. The van der Waals surface area contributed by atoms with Gasteiger partial charge < -0.3 is 14.6 Å². The molecule has 17 heavy (non-hydrogen) atoms. The zero-order chi connectivity index (χ0) is 12.7.